The molecule has 0 radical (unpaired) electrons. The predicted molar refractivity (Wildman–Crippen MR) is 134 cm³/mol. The first-order valence-corrected chi connectivity index (χ1v) is 11.8. The van der Waals surface area contributed by atoms with Crippen molar-refractivity contribution in [3.8, 4) is 39.7 Å². The first-order valence-electron chi connectivity index (χ1n) is 11.8. The molecule has 0 saturated carbocycles. The highest BCUT2D eigenvalue weighted by molar-refractivity contribution is 5.81. The van der Waals surface area contributed by atoms with Gasteiger partial charge in [0.25, 0.3) is 0 Å². The summed E-state index contributed by atoms with van der Waals surface area (Å²) in [6.45, 7) is 3.03. The molecule has 32 heavy (non-hydrogen) atoms. The molecule has 0 aliphatic heterocycles. The zero-order valence-electron chi connectivity index (χ0n) is 18.9. The molecule has 0 spiro atoms. The van der Waals surface area contributed by atoms with Gasteiger partial charge in [0.05, 0.1) is 18.0 Å². The van der Waals surface area contributed by atoms with E-state index in [1.165, 1.54) is 32.1 Å². The van der Waals surface area contributed by atoms with Crippen molar-refractivity contribution in [2.24, 2.45) is 0 Å². The predicted octanol–water partition coefficient (Wildman–Crippen LogP) is 8.15. The van der Waals surface area contributed by atoms with E-state index in [1.807, 2.05) is 24.3 Å². The maximum absolute atomic E-state index is 5.94. The van der Waals surface area contributed by atoms with E-state index in [0.717, 1.165) is 52.7 Å². The zero-order valence-corrected chi connectivity index (χ0v) is 18.9. The quantitative estimate of drug-likeness (QED) is 0.247. The average molecular weight is 425 g/mol. The molecule has 3 heteroatoms. The van der Waals surface area contributed by atoms with Gasteiger partial charge in [-0.15, -0.1) is 0 Å². The van der Waals surface area contributed by atoms with Gasteiger partial charge in [0.2, 0.25) is 0 Å². The Hall–Kier alpha value is -3.33. The van der Waals surface area contributed by atoms with Gasteiger partial charge >= 0.3 is 0 Å². The van der Waals surface area contributed by atoms with Gasteiger partial charge in [0, 0.05) is 16.7 Å². The van der Waals surface area contributed by atoms with Crippen molar-refractivity contribution in [3.63, 3.8) is 0 Å². The van der Waals surface area contributed by atoms with Gasteiger partial charge in [-0.3, -0.25) is 0 Å². The van der Waals surface area contributed by atoms with E-state index in [-0.39, 0.29) is 0 Å². The van der Waals surface area contributed by atoms with Gasteiger partial charge in [-0.05, 0) is 30.7 Å². The number of ether oxygens (including phenoxy) is 1. The Labute approximate surface area is 191 Å². The highest BCUT2D eigenvalue weighted by atomic mass is 16.5. The third kappa shape index (κ3) is 5.67. The van der Waals surface area contributed by atoms with Crippen molar-refractivity contribution in [2.75, 3.05) is 6.61 Å². The fourth-order valence-corrected chi connectivity index (χ4v) is 3.91. The van der Waals surface area contributed by atoms with E-state index in [2.05, 4.69) is 72.6 Å². The smallest absolute Gasteiger partial charge is 0.138 e. The number of imidazole rings is 1. The van der Waals surface area contributed by atoms with Crippen molar-refractivity contribution in [3.05, 3.63) is 84.9 Å². The molecule has 3 nitrogen and oxygen atoms in total. The molecule has 1 heterocycles. The Balaban J connectivity index is 1.47. The van der Waals surface area contributed by atoms with Crippen molar-refractivity contribution < 1.29 is 4.74 Å². The number of nitrogens with zero attached hydrogens (tertiary/aromatic N) is 1. The monoisotopic (exact) mass is 424 g/mol. The lowest BCUT2D eigenvalue weighted by Gasteiger charge is -2.06. The summed E-state index contributed by atoms with van der Waals surface area (Å²) in [5.41, 5.74) is 5.29. The fourth-order valence-electron chi connectivity index (χ4n) is 3.91. The lowest BCUT2D eigenvalue weighted by molar-refractivity contribution is 0.304. The van der Waals surface area contributed by atoms with Gasteiger partial charge in [0.15, 0.2) is 0 Å². The lowest BCUT2D eigenvalue weighted by atomic mass is 10.1. The number of H-pyrrole nitrogens is 1. The van der Waals surface area contributed by atoms with Crippen molar-refractivity contribution in [1.82, 2.24) is 9.97 Å². The largest absolute Gasteiger partial charge is 0.494 e. The molecule has 0 unspecified atom stereocenters. The third-order valence-corrected chi connectivity index (χ3v) is 5.71. The molecule has 3 aromatic carbocycles. The third-order valence-electron chi connectivity index (χ3n) is 5.71. The van der Waals surface area contributed by atoms with E-state index in [0.29, 0.717) is 0 Å². The van der Waals surface area contributed by atoms with Crippen LogP contribution in [0.1, 0.15) is 45.4 Å². The molecule has 0 bridgehead atoms. The van der Waals surface area contributed by atoms with Crippen molar-refractivity contribution in [1.29, 1.82) is 0 Å². The molecule has 1 N–H and O–H groups in total. The molecule has 4 aromatic rings. The molecule has 0 amide bonds. The summed E-state index contributed by atoms with van der Waals surface area (Å²) in [5, 5.41) is 0. The van der Waals surface area contributed by atoms with Crippen LogP contribution in [-0.4, -0.2) is 16.6 Å². The number of hydrogen-bond donors (Lipinski definition) is 1. The number of aromatic amines is 1. The Morgan fingerprint density at radius 3 is 1.97 bits per heavy atom. The molecule has 0 fully saturated rings. The molecular formula is C29H32N2O. The van der Waals surface area contributed by atoms with Gasteiger partial charge in [-0.25, -0.2) is 4.98 Å². The lowest BCUT2D eigenvalue weighted by Crippen LogP contribution is -1.97. The number of rotatable bonds is 11. The van der Waals surface area contributed by atoms with E-state index >= 15 is 0 Å². The standard InChI is InChI=1S/C29H32N2O/c1-2-3-4-5-6-13-22-32-26-20-18-25(19-21-26)29-30-27(23-14-9-7-10-15-23)28(31-29)24-16-11-8-12-17-24/h7-12,14-21H,2-6,13,22H2,1H3,(H,30,31). The summed E-state index contributed by atoms with van der Waals surface area (Å²) < 4.78 is 5.94. The van der Waals surface area contributed by atoms with Crippen LogP contribution in [0.3, 0.4) is 0 Å². The number of benzene rings is 3. The number of hydrogen-bond acceptors (Lipinski definition) is 2. The second kappa shape index (κ2) is 11.3. The Morgan fingerprint density at radius 2 is 1.28 bits per heavy atom. The maximum atomic E-state index is 5.94. The van der Waals surface area contributed by atoms with Crippen molar-refractivity contribution in [2.45, 2.75) is 45.4 Å². The van der Waals surface area contributed by atoms with Crippen LogP contribution in [0, 0.1) is 0 Å². The summed E-state index contributed by atoms with van der Waals surface area (Å²) in [6.07, 6.45) is 7.64. The van der Waals surface area contributed by atoms with Gasteiger partial charge in [-0.1, -0.05) is 99.7 Å². The summed E-state index contributed by atoms with van der Waals surface area (Å²) in [7, 11) is 0. The van der Waals surface area contributed by atoms with Crippen LogP contribution in [-0.2, 0) is 0 Å². The SMILES string of the molecule is CCCCCCCCOc1ccc(-c2nc(-c3ccccc3)c(-c3ccccc3)[nH]2)cc1. The first kappa shape index (κ1) is 21.9. The zero-order chi connectivity index (χ0) is 22.0. The second-order valence-corrected chi connectivity index (χ2v) is 8.18. The van der Waals surface area contributed by atoms with Crippen LogP contribution in [0.25, 0.3) is 33.9 Å². The second-order valence-electron chi connectivity index (χ2n) is 8.18. The topological polar surface area (TPSA) is 37.9 Å². The summed E-state index contributed by atoms with van der Waals surface area (Å²) in [4.78, 5) is 8.53. The maximum Gasteiger partial charge on any atom is 0.138 e. The highest BCUT2D eigenvalue weighted by Gasteiger charge is 2.15. The van der Waals surface area contributed by atoms with E-state index in [9.17, 15) is 0 Å². The molecule has 4 rings (SSSR count). The minimum atomic E-state index is 0.780. The number of aromatic nitrogens is 2. The van der Waals surface area contributed by atoms with Crippen LogP contribution in [0.2, 0.25) is 0 Å². The van der Waals surface area contributed by atoms with Crippen molar-refractivity contribution >= 4 is 0 Å². The molecule has 1 aromatic heterocycles. The van der Waals surface area contributed by atoms with E-state index < -0.39 is 0 Å². The molecule has 164 valence electrons. The number of nitrogens with one attached hydrogen (secondary N) is 1. The molecule has 0 atom stereocenters. The summed E-state index contributed by atoms with van der Waals surface area (Å²) in [6, 6.07) is 29.0. The van der Waals surface area contributed by atoms with Crippen LogP contribution in [0.5, 0.6) is 5.75 Å². The fraction of sp³-hybridized carbons (Fsp3) is 0.276. The molecule has 0 saturated heterocycles. The van der Waals surface area contributed by atoms with Gasteiger partial charge < -0.3 is 9.72 Å². The van der Waals surface area contributed by atoms with Crippen LogP contribution >= 0.6 is 0 Å². The van der Waals surface area contributed by atoms with Gasteiger partial charge in [0.1, 0.15) is 11.6 Å². The van der Waals surface area contributed by atoms with E-state index in [1.54, 1.807) is 0 Å². The minimum Gasteiger partial charge on any atom is -0.494 e. The normalized spacial score (nSPS) is 10.9. The Bertz CT molecular complexity index is 1010. The molecule has 0 aliphatic rings. The Morgan fingerprint density at radius 1 is 0.656 bits per heavy atom. The summed E-state index contributed by atoms with van der Waals surface area (Å²) in [5.74, 6) is 1.78. The van der Waals surface area contributed by atoms with Crippen LogP contribution < -0.4 is 4.74 Å². The highest BCUT2D eigenvalue weighted by Crippen LogP contribution is 2.33. The number of unbranched alkanes of at least 4 members (excludes halogenated alkanes) is 5. The van der Waals surface area contributed by atoms with E-state index in [4.69, 9.17) is 9.72 Å². The Kier molecular flexibility index (Phi) is 7.75. The van der Waals surface area contributed by atoms with Gasteiger partial charge in [-0.2, -0.15) is 0 Å². The van der Waals surface area contributed by atoms with Crippen LogP contribution in [0.15, 0.2) is 84.9 Å². The minimum absolute atomic E-state index is 0.780. The molecular weight excluding hydrogens is 392 g/mol. The summed E-state index contributed by atoms with van der Waals surface area (Å²) >= 11 is 0. The van der Waals surface area contributed by atoms with Crippen LogP contribution in [0.4, 0.5) is 0 Å². The molecule has 0 aliphatic carbocycles. The average Bonchev–Trinajstić information content (AvgIpc) is 3.31. The first-order chi connectivity index (χ1) is 15.8.